The maximum atomic E-state index is 13.1. The van der Waals surface area contributed by atoms with Crippen LogP contribution >= 0.6 is 11.6 Å². The van der Waals surface area contributed by atoms with E-state index in [0.717, 1.165) is 31.2 Å². The first-order chi connectivity index (χ1) is 15.0. The van der Waals surface area contributed by atoms with E-state index in [1.807, 2.05) is 24.3 Å². The van der Waals surface area contributed by atoms with Gasteiger partial charge in [0.15, 0.2) is 5.78 Å². The fourth-order valence-corrected chi connectivity index (χ4v) is 5.08. The number of halogens is 1. The van der Waals surface area contributed by atoms with Gasteiger partial charge in [0.05, 0.1) is 18.6 Å². The van der Waals surface area contributed by atoms with Crippen molar-refractivity contribution in [1.29, 1.82) is 0 Å². The maximum Gasteiger partial charge on any atom is 0.355 e. The van der Waals surface area contributed by atoms with Gasteiger partial charge in [0, 0.05) is 0 Å². The highest BCUT2D eigenvalue weighted by Gasteiger charge is 2.52. The second kappa shape index (κ2) is 9.31. The van der Waals surface area contributed by atoms with Crippen molar-refractivity contribution < 1.29 is 23.8 Å². The zero-order valence-electron chi connectivity index (χ0n) is 17.6. The first-order valence-electron chi connectivity index (χ1n) is 10.8. The molecule has 0 radical (unpaired) electrons. The number of methoxy groups -OCH3 is 1. The Morgan fingerprint density at radius 2 is 1.84 bits per heavy atom. The van der Waals surface area contributed by atoms with Gasteiger partial charge in [-0.3, -0.25) is 4.79 Å². The standard InChI is InChI=1S/C25H27ClO5/c1-29-22-12-11-17(15-20(22)26)13-14-25(18-7-5-6-8-18)16-21(27)23(24(28)31-25)30-19-9-3-2-4-10-19/h2-4,9-12,15,18,23H,5-8,13-14,16H2,1H3. The fourth-order valence-electron chi connectivity index (χ4n) is 4.80. The van der Waals surface area contributed by atoms with Crippen LogP contribution < -0.4 is 9.47 Å². The lowest BCUT2D eigenvalue weighted by atomic mass is 9.75. The van der Waals surface area contributed by atoms with Crippen LogP contribution in [0.3, 0.4) is 0 Å². The van der Waals surface area contributed by atoms with Crippen molar-refractivity contribution in [2.24, 2.45) is 5.92 Å². The average Bonchev–Trinajstić information content (AvgIpc) is 3.31. The molecule has 2 aliphatic rings. The molecule has 2 aromatic rings. The minimum absolute atomic E-state index is 0.185. The molecule has 0 N–H and O–H groups in total. The average molecular weight is 443 g/mol. The highest BCUT2D eigenvalue weighted by Crippen LogP contribution is 2.44. The Morgan fingerprint density at radius 1 is 1.10 bits per heavy atom. The molecule has 1 saturated heterocycles. The van der Waals surface area contributed by atoms with Crippen molar-refractivity contribution in [3.63, 3.8) is 0 Å². The van der Waals surface area contributed by atoms with Crippen molar-refractivity contribution in [2.45, 2.75) is 56.7 Å². The van der Waals surface area contributed by atoms with Crippen molar-refractivity contribution >= 4 is 23.4 Å². The van der Waals surface area contributed by atoms with Gasteiger partial charge in [-0.25, -0.2) is 4.79 Å². The molecule has 2 fully saturated rings. The van der Waals surface area contributed by atoms with Crippen molar-refractivity contribution in [2.75, 3.05) is 7.11 Å². The summed E-state index contributed by atoms with van der Waals surface area (Å²) in [4.78, 5) is 26.0. The van der Waals surface area contributed by atoms with Crippen LogP contribution in [-0.2, 0) is 20.7 Å². The number of rotatable bonds is 7. The topological polar surface area (TPSA) is 61.8 Å². The van der Waals surface area contributed by atoms with Gasteiger partial charge in [0.25, 0.3) is 6.10 Å². The summed E-state index contributed by atoms with van der Waals surface area (Å²) < 4.78 is 17.0. The van der Waals surface area contributed by atoms with Gasteiger partial charge in [-0.2, -0.15) is 0 Å². The molecular formula is C25H27ClO5. The van der Waals surface area contributed by atoms with Gasteiger partial charge in [-0.05, 0) is 61.4 Å². The molecule has 2 aromatic carbocycles. The molecule has 0 amide bonds. The molecule has 0 bridgehead atoms. The minimum atomic E-state index is -1.20. The molecule has 0 spiro atoms. The van der Waals surface area contributed by atoms with Gasteiger partial charge >= 0.3 is 5.97 Å². The Balaban J connectivity index is 1.52. The molecule has 0 aromatic heterocycles. The summed E-state index contributed by atoms with van der Waals surface area (Å²) >= 11 is 6.27. The van der Waals surface area contributed by atoms with Gasteiger partial charge in [-0.15, -0.1) is 0 Å². The van der Waals surface area contributed by atoms with E-state index in [9.17, 15) is 9.59 Å². The molecule has 5 nitrogen and oxygen atoms in total. The summed E-state index contributed by atoms with van der Waals surface area (Å²) in [5.41, 5.74) is 0.238. The van der Waals surface area contributed by atoms with Crippen LogP contribution in [-0.4, -0.2) is 30.6 Å². The third-order valence-electron chi connectivity index (χ3n) is 6.43. The molecule has 31 heavy (non-hydrogen) atoms. The van der Waals surface area contributed by atoms with E-state index in [2.05, 4.69) is 0 Å². The number of cyclic esters (lactones) is 1. The number of carbonyl (C=O) groups excluding carboxylic acids is 2. The zero-order valence-corrected chi connectivity index (χ0v) is 18.4. The Morgan fingerprint density at radius 3 is 2.48 bits per heavy atom. The first-order valence-corrected chi connectivity index (χ1v) is 11.2. The summed E-state index contributed by atoms with van der Waals surface area (Å²) in [7, 11) is 1.58. The second-order valence-electron chi connectivity index (χ2n) is 8.39. The summed E-state index contributed by atoms with van der Waals surface area (Å²) in [6, 6.07) is 14.6. The minimum Gasteiger partial charge on any atom is -0.495 e. The largest absolute Gasteiger partial charge is 0.495 e. The molecule has 164 valence electrons. The normalized spacial score (nSPS) is 24.1. The zero-order chi connectivity index (χ0) is 21.8. The van der Waals surface area contributed by atoms with Gasteiger partial charge in [0.2, 0.25) is 0 Å². The summed E-state index contributed by atoms with van der Waals surface area (Å²) in [5, 5.41) is 0.544. The molecule has 1 saturated carbocycles. The SMILES string of the molecule is COc1ccc(CCC2(C3CCCC3)CC(=O)C(Oc3ccccc3)C(=O)O2)cc1Cl. The van der Waals surface area contributed by atoms with E-state index in [4.69, 9.17) is 25.8 Å². The molecule has 4 rings (SSSR count). The van der Waals surface area contributed by atoms with E-state index in [1.54, 1.807) is 31.4 Å². The van der Waals surface area contributed by atoms with Gasteiger partial charge in [0.1, 0.15) is 17.1 Å². The quantitative estimate of drug-likeness (QED) is 0.437. The predicted molar refractivity (Wildman–Crippen MR) is 118 cm³/mol. The number of ether oxygens (including phenoxy) is 3. The number of aryl methyl sites for hydroxylation is 1. The summed E-state index contributed by atoms with van der Waals surface area (Å²) in [6.45, 7) is 0. The maximum absolute atomic E-state index is 13.1. The van der Waals surface area contributed by atoms with Crippen LogP contribution in [0.2, 0.25) is 5.02 Å². The first kappa shape index (κ1) is 21.7. The Labute approximate surface area is 187 Å². The Hall–Kier alpha value is -2.53. The third-order valence-corrected chi connectivity index (χ3v) is 6.73. The molecule has 2 atom stereocenters. The summed E-state index contributed by atoms with van der Waals surface area (Å²) in [5.74, 6) is 0.501. The molecular weight excluding hydrogens is 416 g/mol. The van der Waals surface area contributed by atoms with Gasteiger partial charge < -0.3 is 14.2 Å². The number of hydrogen-bond donors (Lipinski definition) is 0. The van der Waals surface area contributed by atoms with Crippen LogP contribution in [0.25, 0.3) is 0 Å². The van der Waals surface area contributed by atoms with Crippen LogP contribution in [0.5, 0.6) is 11.5 Å². The Bertz CT molecular complexity index is 918. The number of ketones is 1. The lowest BCUT2D eigenvalue weighted by Crippen LogP contribution is -2.55. The highest BCUT2D eigenvalue weighted by molar-refractivity contribution is 6.32. The number of hydrogen-bond acceptors (Lipinski definition) is 5. The van der Waals surface area contributed by atoms with Crippen LogP contribution in [0.1, 0.15) is 44.1 Å². The highest BCUT2D eigenvalue weighted by atomic mass is 35.5. The van der Waals surface area contributed by atoms with E-state index >= 15 is 0 Å². The molecule has 1 aliphatic heterocycles. The smallest absolute Gasteiger partial charge is 0.355 e. The number of esters is 1. The van der Waals surface area contributed by atoms with Crippen LogP contribution in [0.15, 0.2) is 48.5 Å². The summed E-state index contributed by atoms with van der Waals surface area (Å²) in [6.07, 6.45) is 4.34. The van der Waals surface area contributed by atoms with Crippen LogP contribution in [0.4, 0.5) is 0 Å². The van der Waals surface area contributed by atoms with Crippen molar-refractivity contribution in [3.8, 4) is 11.5 Å². The number of para-hydroxylation sites is 1. The van der Waals surface area contributed by atoms with Crippen molar-refractivity contribution in [1.82, 2.24) is 0 Å². The lowest BCUT2D eigenvalue weighted by molar-refractivity contribution is -0.189. The number of carbonyl (C=O) groups is 2. The van der Waals surface area contributed by atoms with Crippen LogP contribution in [0, 0.1) is 5.92 Å². The van der Waals surface area contributed by atoms with E-state index < -0.39 is 17.7 Å². The van der Waals surface area contributed by atoms with Crippen molar-refractivity contribution in [3.05, 3.63) is 59.1 Å². The molecule has 1 aliphatic carbocycles. The lowest BCUT2D eigenvalue weighted by Gasteiger charge is -2.42. The third kappa shape index (κ3) is 4.72. The number of benzene rings is 2. The number of Topliss-reactive ketones (excluding diaryl/α,β-unsaturated/α-hetero) is 1. The fraction of sp³-hybridized carbons (Fsp3) is 0.440. The molecule has 1 heterocycles. The molecule has 6 heteroatoms. The molecule has 2 unspecified atom stereocenters. The monoisotopic (exact) mass is 442 g/mol. The Kier molecular flexibility index (Phi) is 6.51. The van der Waals surface area contributed by atoms with E-state index in [1.165, 1.54) is 0 Å². The van der Waals surface area contributed by atoms with E-state index in [0.29, 0.717) is 29.4 Å². The second-order valence-corrected chi connectivity index (χ2v) is 8.80. The van der Waals surface area contributed by atoms with Gasteiger partial charge in [-0.1, -0.05) is 48.7 Å². The predicted octanol–water partition coefficient (Wildman–Crippen LogP) is 5.17. The van der Waals surface area contributed by atoms with E-state index in [-0.39, 0.29) is 18.1 Å².